The topological polar surface area (TPSA) is 70.0 Å². The zero-order chi connectivity index (χ0) is 17.1. The summed E-state index contributed by atoms with van der Waals surface area (Å²) in [5.41, 5.74) is 2.53. The van der Waals surface area contributed by atoms with Crippen LogP contribution in [0.2, 0.25) is 0 Å². The van der Waals surface area contributed by atoms with Gasteiger partial charge in [0.25, 0.3) is 5.91 Å². The summed E-state index contributed by atoms with van der Waals surface area (Å²) < 4.78 is 5.33. The third kappa shape index (κ3) is 3.20. The Bertz CT molecular complexity index is 754. The van der Waals surface area contributed by atoms with Crippen molar-refractivity contribution in [2.24, 2.45) is 0 Å². The molecular formula is C19H19NO4. The summed E-state index contributed by atoms with van der Waals surface area (Å²) in [5.74, 6) is 0.167. The van der Waals surface area contributed by atoms with Crippen molar-refractivity contribution < 1.29 is 19.7 Å². The quantitative estimate of drug-likeness (QED) is 0.848. The van der Waals surface area contributed by atoms with E-state index in [2.05, 4.69) is 6.58 Å². The Labute approximate surface area is 140 Å². The van der Waals surface area contributed by atoms with Crippen molar-refractivity contribution in [1.29, 1.82) is 0 Å². The van der Waals surface area contributed by atoms with Crippen molar-refractivity contribution in [3.63, 3.8) is 0 Å². The van der Waals surface area contributed by atoms with Crippen LogP contribution < -0.4 is 0 Å². The highest BCUT2D eigenvalue weighted by Gasteiger charge is 2.31. The van der Waals surface area contributed by atoms with Gasteiger partial charge in [-0.3, -0.25) is 4.79 Å². The van der Waals surface area contributed by atoms with Crippen molar-refractivity contribution in [3.05, 3.63) is 72.0 Å². The normalized spacial score (nSPS) is 16.3. The molecule has 0 saturated carbocycles. The standard InChI is InChI=1S/C19H19NO4/c1-2-24-12-16-9-14-5-8-18(22)10-15(14)11-20(16)19(23)13-3-6-17(21)7-4-13/h2-8,10,16,21-22H,1,9,11-12H2. The second-order valence-corrected chi connectivity index (χ2v) is 5.79. The fourth-order valence-electron chi connectivity index (χ4n) is 2.97. The molecule has 1 heterocycles. The lowest BCUT2D eigenvalue weighted by atomic mass is 9.93. The van der Waals surface area contributed by atoms with Crippen molar-refractivity contribution in [2.75, 3.05) is 6.61 Å². The Balaban J connectivity index is 1.91. The molecule has 0 spiro atoms. The molecule has 0 saturated heterocycles. The van der Waals surface area contributed by atoms with Crippen LogP contribution in [-0.2, 0) is 17.7 Å². The lowest BCUT2D eigenvalue weighted by Gasteiger charge is -2.36. The Hall–Kier alpha value is -2.95. The highest BCUT2D eigenvalue weighted by Crippen LogP contribution is 2.28. The van der Waals surface area contributed by atoms with Gasteiger partial charge in [0, 0.05) is 12.1 Å². The number of benzene rings is 2. The molecule has 1 atom stereocenters. The number of aromatic hydroxyl groups is 2. The predicted molar refractivity (Wildman–Crippen MR) is 89.7 cm³/mol. The minimum absolute atomic E-state index is 0.118. The predicted octanol–water partition coefficient (Wildman–Crippen LogP) is 2.83. The number of carbonyl (C=O) groups excluding carboxylic acids is 1. The van der Waals surface area contributed by atoms with E-state index in [1.807, 2.05) is 6.07 Å². The summed E-state index contributed by atoms with van der Waals surface area (Å²) in [7, 11) is 0. The van der Waals surface area contributed by atoms with E-state index in [1.165, 1.54) is 18.4 Å². The summed E-state index contributed by atoms with van der Waals surface area (Å²) in [6.07, 6.45) is 2.02. The lowest BCUT2D eigenvalue weighted by Crippen LogP contribution is -2.46. The molecule has 1 amide bonds. The van der Waals surface area contributed by atoms with Crippen LogP contribution in [0.4, 0.5) is 0 Å². The number of nitrogens with zero attached hydrogens (tertiary/aromatic N) is 1. The van der Waals surface area contributed by atoms with Crippen molar-refractivity contribution in [2.45, 2.75) is 19.0 Å². The molecule has 3 rings (SSSR count). The maximum atomic E-state index is 12.9. The van der Waals surface area contributed by atoms with Gasteiger partial charge in [-0.25, -0.2) is 0 Å². The Kier molecular flexibility index (Phi) is 4.42. The number of rotatable bonds is 4. The van der Waals surface area contributed by atoms with E-state index in [1.54, 1.807) is 29.2 Å². The van der Waals surface area contributed by atoms with E-state index >= 15 is 0 Å². The van der Waals surface area contributed by atoms with Gasteiger partial charge in [0.15, 0.2) is 0 Å². The number of amides is 1. The van der Waals surface area contributed by atoms with Crippen LogP contribution in [0.5, 0.6) is 11.5 Å². The van der Waals surface area contributed by atoms with Gasteiger partial charge >= 0.3 is 0 Å². The number of hydrogen-bond donors (Lipinski definition) is 2. The molecule has 2 aromatic carbocycles. The van der Waals surface area contributed by atoms with Crippen molar-refractivity contribution in [1.82, 2.24) is 4.90 Å². The molecule has 0 aromatic heterocycles. The van der Waals surface area contributed by atoms with Gasteiger partial charge in [-0.1, -0.05) is 12.6 Å². The van der Waals surface area contributed by atoms with Crippen molar-refractivity contribution in [3.8, 4) is 11.5 Å². The first-order chi connectivity index (χ1) is 11.6. The maximum Gasteiger partial charge on any atom is 0.254 e. The molecule has 0 fully saturated rings. The molecule has 24 heavy (non-hydrogen) atoms. The molecule has 0 aliphatic carbocycles. The minimum Gasteiger partial charge on any atom is -0.508 e. The molecule has 1 aliphatic heterocycles. The molecule has 0 radical (unpaired) electrons. The molecule has 1 unspecified atom stereocenters. The molecule has 0 bridgehead atoms. The van der Waals surface area contributed by atoms with Crippen LogP contribution >= 0.6 is 0 Å². The molecule has 5 nitrogen and oxygen atoms in total. The molecule has 5 heteroatoms. The van der Waals surface area contributed by atoms with Crippen LogP contribution in [0.1, 0.15) is 21.5 Å². The summed E-state index contributed by atoms with van der Waals surface area (Å²) in [6, 6.07) is 11.3. The van der Waals surface area contributed by atoms with Crippen molar-refractivity contribution >= 4 is 5.91 Å². The molecule has 2 aromatic rings. The second-order valence-electron chi connectivity index (χ2n) is 5.79. The number of ether oxygens (including phenoxy) is 1. The second kappa shape index (κ2) is 6.66. The lowest BCUT2D eigenvalue weighted by molar-refractivity contribution is 0.0525. The summed E-state index contributed by atoms with van der Waals surface area (Å²) in [5, 5.41) is 19.1. The van der Waals surface area contributed by atoms with Crippen LogP contribution in [-0.4, -0.2) is 33.7 Å². The van der Waals surface area contributed by atoms with Gasteiger partial charge in [-0.15, -0.1) is 0 Å². The Morgan fingerprint density at radius 2 is 1.88 bits per heavy atom. The Morgan fingerprint density at radius 1 is 1.17 bits per heavy atom. The smallest absolute Gasteiger partial charge is 0.254 e. The van der Waals surface area contributed by atoms with Gasteiger partial charge in [0.2, 0.25) is 0 Å². The van der Waals surface area contributed by atoms with Gasteiger partial charge in [0.05, 0.1) is 12.3 Å². The monoisotopic (exact) mass is 325 g/mol. The van der Waals surface area contributed by atoms with Gasteiger partial charge in [-0.2, -0.15) is 0 Å². The first kappa shape index (κ1) is 15.9. The minimum atomic E-state index is -0.137. The average molecular weight is 325 g/mol. The highest BCUT2D eigenvalue weighted by atomic mass is 16.5. The number of phenolic OH excluding ortho intramolecular Hbond substituents is 2. The zero-order valence-electron chi connectivity index (χ0n) is 13.2. The first-order valence-electron chi connectivity index (χ1n) is 7.72. The number of fused-ring (bicyclic) bond motifs is 1. The van der Waals surface area contributed by atoms with Gasteiger partial charge in [0.1, 0.15) is 18.1 Å². The first-order valence-corrected chi connectivity index (χ1v) is 7.72. The zero-order valence-corrected chi connectivity index (χ0v) is 13.2. The van der Waals surface area contributed by atoms with E-state index in [9.17, 15) is 15.0 Å². The van der Waals surface area contributed by atoms with Crippen LogP contribution in [0.25, 0.3) is 0 Å². The number of hydrogen-bond acceptors (Lipinski definition) is 4. The number of phenols is 2. The average Bonchev–Trinajstić information content (AvgIpc) is 2.59. The van der Waals surface area contributed by atoms with Gasteiger partial charge in [-0.05, 0) is 53.9 Å². The molecule has 1 aliphatic rings. The fourth-order valence-corrected chi connectivity index (χ4v) is 2.97. The number of carbonyl (C=O) groups is 1. The van der Waals surface area contributed by atoms with Crippen LogP contribution in [0, 0.1) is 0 Å². The third-order valence-electron chi connectivity index (χ3n) is 4.21. The Morgan fingerprint density at radius 3 is 2.58 bits per heavy atom. The van der Waals surface area contributed by atoms with E-state index in [-0.39, 0.29) is 23.4 Å². The fraction of sp³-hybridized carbons (Fsp3) is 0.211. The molecular weight excluding hydrogens is 306 g/mol. The van der Waals surface area contributed by atoms with Crippen LogP contribution in [0.3, 0.4) is 0 Å². The van der Waals surface area contributed by atoms with E-state index in [0.717, 1.165) is 11.1 Å². The van der Waals surface area contributed by atoms with E-state index < -0.39 is 0 Å². The van der Waals surface area contributed by atoms with E-state index in [0.29, 0.717) is 25.1 Å². The summed E-state index contributed by atoms with van der Waals surface area (Å²) in [4.78, 5) is 14.6. The molecule has 2 N–H and O–H groups in total. The highest BCUT2D eigenvalue weighted by molar-refractivity contribution is 5.94. The van der Waals surface area contributed by atoms with Gasteiger partial charge < -0.3 is 19.8 Å². The largest absolute Gasteiger partial charge is 0.508 e. The summed E-state index contributed by atoms with van der Waals surface area (Å²) in [6.45, 7) is 4.30. The molecule has 124 valence electrons. The SMILES string of the molecule is C=COCC1Cc2ccc(O)cc2CN1C(=O)c1ccc(O)cc1. The summed E-state index contributed by atoms with van der Waals surface area (Å²) >= 11 is 0. The third-order valence-corrected chi connectivity index (χ3v) is 4.21. The maximum absolute atomic E-state index is 12.9. The van der Waals surface area contributed by atoms with E-state index in [4.69, 9.17) is 4.74 Å². The van der Waals surface area contributed by atoms with Crippen LogP contribution in [0.15, 0.2) is 55.3 Å².